The van der Waals surface area contributed by atoms with Crippen LogP contribution in [0.2, 0.25) is 0 Å². The molecule has 0 fully saturated rings. The van der Waals surface area contributed by atoms with Gasteiger partial charge in [-0.2, -0.15) is 13.2 Å². The molecule has 2 aromatic rings. The fraction of sp³-hybridized carbons (Fsp3) is 0.267. The van der Waals surface area contributed by atoms with Crippen LogP contribution in [0.5, 0.6) is 11.5 Å². The molecule has 21 heavy (non-hydrogen) atoms. The van der Waals surface area contributed by atoms with Crippen LogP contribution in [-0.2, 0) is 6.18 Å². The van der Waals surface area contributed by atoms with E-state index in [1.54, 1.807) is 44.3 Å². The Kier molecular flexibility index (Phi) is 4.47. The van der Waals surface area contributed by atoms with Crippen molar-refractivity contribution < 1.29 is 17.9 Å². The molecule has 2 rings (SSSR count). The van der Waals surface area contributed by atoms with E-state index < -0.39 is 11.7 Å². The average Bonchev–Trinajstić information content (AvgIpc) is 2.47. The van der Waals surface area contributed by atoms with Crippen LogP contribution in [0.4, 0.5) is 13.2 Å². The number of nitrogens with one attached hydrogen (secondary N) is 1. The van der Waals surface area contributed by atoms with E-state index in [1.807, 2.05) is 0 Å². The second kappa shape index (κ2) is 6.13. The molecule has 1 atom stereocenters. The van der Waals surface area contributed by atoms with E-state index in [0.29, 0.717) is 11.4 Å². The topological polar surface area (TPSA) is 34.1 Å². The summed E-state index contributed by atoms with van der Waals surface area (Å²) in [5.74, 6) is 0.0277. The van der Waals surface area contributed by atoms with Crippen molar-refractivity contribution in [2.75, 3.05) is 7.05 Å². The SMILES string of the molecule is CNC(C)c1cc(C(F)(F)F)c(Oc2ccccc2)cn1. The first kappa shape index (κ1) is 15.3. The summed E-state index contributed by atoms with van der Waals surface area (Å²) in [5.41, 5.74) is -0.524. The van der Waals surface area contributed by atoms with Gasteiger partial charge in [0, 0.05) is 6.04 Å². The Labute approximate surface area is 120 Å². The molecule has 112 valence electrons. The van der Waals surface area contributed by atoms with Crippen LogP contribution in [-0.4, -0.2) is 12.0 Å². The van der Waals surface area contributed by atoms with Crippen molar-refractivity contribution >= 4 is 0 Å². The Morgan fingerprint density at radius 2 is 1.86 bits per heavy atom. The maximum absolute atomic E-state index is 13.2. The molecule has 1 N–H and O–H groups in total. The smallest absolute Gasteiger partial charge is 0.420 e. The minimum atomic E-state index is -4.50. The van der Waals surface area contributed by atoms with Crippen LogP contribution in [0.25, 0.3) is 0 Å². The fourth-order valence-corrected chi connectivity index (χ4v) is 1.76. The molecule has 1 aromatic heterocycles. The molecule has 0 aliphatic carbocycles. The lowest BCUT2D eigenvalue weighted by Crippen LogP contribution is -2.16. The van der Waals surface area contributed by atoms with E-state index in [2.05, 4.69) is 10.3 Å². The Morgan fingerprint density at radius 3 is 2.43 bits per heavy atom. The predicted molar refractivity (Wildman–Crippen MR) is 73.2 cm³/mol. The second-order valence-electron chi connectivity index (χ2n) is 4.53. The lowest BCUT2D eigenvalue weighted by Gasteiger charge is -2.16. The molecular formula is C15H15F3N2O. The van der Waals surface area contributed by atoms with Gasteiger partial charge in [-0.25, -0.2) is 0 Å². The minimum absolute atomic E-state index is 0.281. The van der Waals surface area contributed by atoms with E-state index in [1.165, 1.54) is 0 Å². The Bertz CT molecular complexity index is 600. The summed E-state index contributed by atoms with van der Waals surface area (Å²) in [7, 11) is 1.66. The molecule has 0 amide bonds. The number of halogens is 3. The number of ether oxygens (including phenoxy) is 1. The summed E-state index contributed by atoms with van der Waals surface area (Å²) < 4.78 is 44.8. The molecule has 0 aliphatic heterocycles. The maximum atomic E-state index is 13.2. The third-order valence-electron chi connectivity index (χ3n) is 3.04. The van der Waals surface area contributed by atoms with Gasteiger partial charge in [0.15, 0.2) is 5.75 Å². The molecule has 0 radical (unpaired) electrons. The van der Waals surface area contributed by atoms with Crippen molar-refractivity contribution in [3.8, 4) is 11.5 Å². The van der Waals surface area contributed by atoms with Gasteiger partial charge >= 0.3 is 6.18 Å². The average molecular weight is 296 g/mol. The highest BCUT2D eigenvalue weighted by Gasteiger charge is 2.35. The number of hydrogen-bond acceptors (Lipinski definition) is 3. The Morgan fingerprint density at radius 1 is 1.19 bits per heavy atom. The monoisotopic (exact) mass is 296 g/mol. The number of para-hydroxylation sites is 1. The van der Waals surface area contributed by atoms with E-state index in [9.17, 15) is 13.2 Å². The fourth-order valence-electron chi connectivity index (χ4n) is 1.76. The van der Waals surface area contributed by atoms with Crippen LogP contribution in [0.3, 0.4) is 0 Å². The standard InChI is InChI=1S/C15H15F3N2O/c1-10(19-2)13-8-12(15(16,17)18)14(9-20-13)21-11-6-4-3-5-7-11/h3-10,19H,1-2H3. The van der Waals surface area contributed by atoms with Crippen molar-refractivity contribution in [1.82, 2.24) is 10.3 Å². The summed E-state index contributed by atoms with van der Waals surface area (Å²) in [6, 6.07) is 9.04. The van der Waals surface area contributed by atoms with Gasteiger partial charge in [-0.15, -0.1) is 0 Å². The van der Waals surface area contributed by atoms with Gasteiger partial charge in [-0.3, -0.25) is 4.98 Å². The first-order valence-corrected chi connectivity index (χ1v) is 6.39. The van der Waals surface area contributed by atoms with Gasteiger partial charge in [-0.1, -0.05) is 18.2 Å². The van der Waals surface area contributed by atoms with Crippen molar-refractivity contribution in [2.24, 2.45) is 0 Å². The first-order valence-electron chi connectivity index (χ1n) is 6.39. The minimum Gasteiger partial charge on any atom is -0.455 e. The summed E-state index contributed by atoms with van der Waals surface area (Å²) in [6.07, 6.45) is -3.39. The summed E-state index contributed by atoms with van der Waals surface area (Å²) in [6.45, 7) is 1.74. The van der Waals surface area contributed by atoms with Crippen LogP contribution < -0.4 is 10.1 Å². The number of hydrogen-bond donors (Lipinski definition) is 1. The van der Waals surface area contributed by atoms with Crippen molar-refractivity contribution in [2.45, 2.75) is 19.1 Å². The normalized spacial score (nSPS) is 13.0. The molecule has 1 heterocycles. The number of nitrogens with zero attached hydrogens (tertiary/aromatic N) is 1. The summed E-state index contributed by atoms with van der Waals surface area (Å²) in [4.78, 5) is 4.03. The third-order valence-corrected chi connectivity index (χ3v) is 3.04. The first-order chi connectivity index (χ1) is 9.91. The van der Waals surface area contributed by atoms with Gasteiger partial charge in [0.1, 0.15) is 11.3 Å². The third kappa shape index (κ3) is 3.72. The molecular weight excluding hydrogens is 281 g/mol. The van der Waals surface area contributed by atoms with Crippen molar-refractivity contribution in [3.63, 3.8) is 0 Å². The van der Waals surface area contributed by atoms with Gasteiger partial charge < -0.3 is 10.1 Å². The molecule has 0 spiro atoms. The lowest BCUT2D eigenvalue weighted by atomic mass is 10.1. The predicted octanol–water partition coefficient (Wildman–Crippen LogP) is 4.17. The van der Waals surface area contributed by atoms with Gasteiger partial charge in [0.25, 0.3) is 0 Å². The highest BCUT2D eigenvalue weighted by atomic mass is 19.4. The molecule has 0 aliphatic rings. The Balaban J connectivity index is 2.41. The lowest BCUT2D eigenvalue weighted by molar-refractivity contribution is -0.138. The number of pyridine rings is 1. The van der Waals surface area contributed by atoms with Crippen LogP contribution in [0.15, 0.2) is 42.6 Å². The molecule has 6 heteroatoms. The van der Waals surface area contributed by atoms with E-state index >= 15 is 0 Å². The largest absolute Gasteiger partial charge is 0.455 e. The van der Waals surface area contributed by atoms with Gasteiger partial charge in [-0.05, 0) is 32.2 Å². The zero-order valence-electron chi connectivity index (χ0n) is 11.6. The van der Waals surface area contributed by atoms with E-state index in [4.69, 9.17) is 4.74 Å². The van der Waals surface area contributed by atoms with Gasteiger partial charge in [0.05, 0.1) is 11.9 Å². The zero-order chi connectivity index (χ0) is 15.5. The quantitative estimate of drug-likeness (QED) is 0.919. The molecule has 0 bridgehead atoms. The van der Waals surface area contributed by atoms with E-state index in [-0.39, 0.29) is 11.8 Å². The van der Waals surface area contributed by atoms with E-state index in [0.717, 1.165) is 12.3 Å². The molecule has 3 nitrogen and oxygen atoms in total. The molecule has 1 aromatic carbocycles. The number of aromatic nitrogens is 1. The van der Waals surface area contributed by atoms with Crippen LogP contribution in [0.1, 0.15) is 24.2 Å². The summed E-state index contributed by atoms with van der Waals surface area (Å²) in [5, 5.41) is 2.86. The zero-order valence-corrected chi connectivity index (χ0v) is 11.6. The van der Waals surface area contributed by atoms with Crippen molar-refractivity contribution in [1.29, 1.82) is 0 Å². The Hall–Kier alpha value is -2.08. The molecule has 1 unspecified atom stereocenters. The second-order valence-corrected chi connectivity index (χ2v) is 4.53. The van der Waals surface area contributed by atoms with Crippen molar-refractivity contribution in [3.05, 3.63) is 53.9 Å². The molecule has 0 saturated heterocycles. The number of alkyl halides is 3. The van der Waals surface area contributed by atoms with Crippen LogP contribution in [0, 0.1) is 0 Å². The number of rotatable bonds is 4. The summed E-state index contributed by atoms with van der Waals surface area (Å²) >= 11 is 0. The molecule has 0 saturated carbocycles. The highest BCUT2D eigenvalue weighted by molar-refractivity contribution is 5.39. The van der Waals surface area contributed by atoms with Gasteiger partial charge in [0.2, 0.25) is 0 Å². The number of benzene rings is 1. The van der Waals surface area contributed by atoms with Crippen LogP contribution >= 0.6 is 0 Å². The maximum Gasteiger partial charge on any atom is 0.420 e. The highest BCUT2D eigenvalue weighted by Crippen LogP contribution is 2.38.